The maximum absolute atomic E-state index is 6.02. The highest BCUT2D eigenvalue weighted by Gasteiger charge is 2.10. The summed E-state index contributed by atoms with van der Waals surface area (Å²) in [6, 6.07) is 6.93. The molecule has 0 heterocycles. The van der Waals surface area contributed by atoms with Gasteiger partial charge in [-0.1, -0.05) is 26.8 Å². The Kier molecular flexibility index (Phi) is 7.47. The molecule has 0 bridgehead atoms. The van der Waals surface area contributed by atoms with Gasteiger partial charge in [0.1, 0.15) is 0 Å². The van der Waals surface area contributed by atoms with E-state index in [1.54, 1.807) is 0 Å². The highest BCUT2D eigenvalue weighted by molar-refractivity contribution is 9.10. The summed E-state index contributed by atoms with van der Waals surface area (Å²) in [6.45, 7) is 8.81. The van der Waals surface area contributed by atoms with Gasteiger partial charge >= 0.3 is 0 Å². The van der Waals surface area contributed by atoms with E-state index in [1.165, 1.54) is 28.6 Å². The van der Waals surface area contributed by atoms with Crippen molar-refractivity contribution in [3.8, 4) is 0 Å². The van der Waals surface area contributed by atoms with E-state index < -0.39 is 0 Å². The minimum Gasteiger partial charge on any atom is -0.371 e. The second-order valence-electron chi connectivity index (χ2n) is 5.15. The number of nitrogens with two attached hydrogens (primary N) is 1. The normalized spacial score (nSPS) is 12.5. The summed E-state index contributed by atoms with van der Waals surface area (Å²) in [4.78, 5) is 2.45. The van der Waals surface area contributed by atoms with Gasteiger partial charge in [-0.3, -0.25) is 0 Å². The van der Waals surface area contributed by atoms with Crippen molar-refractivity contribution < 1.29 is 0 Å². The molecule has 0 amide bonds. The van der Waals surface area contributed by atoms with Crippen LogP contribution in [0.25, 0.3) is 0 Å². The number of anilines is 1. The number of halogens is 1. The van der Waals surface area contributed by atoms with Gasteiger partial charge in [-0.25, -0.2) is 0 Å². The predicted octanol–water partition coefficient (Wildman–Crippen LogP) is 4.36. The third-order valence-corrected chi connectivity index (χ3v) is 4.00. The maximum atomic E-state index is 6.02. The molecule has 0 saturated heterocycles. The number of nitrogens with zero attached hydrogens (tertiary/aromatic N) is 1. The number of rotatable bonds is 8. The van der Waals surface area contributed by atoms with Gasteiger partial charge in [0.15, 0.2) is 0 Å². The zero-order valence-electron chi connectivity index (χ0n) is 12.5. The summed E-state index contributed by atoms with van der Waals surface area (Å²) < 4.78 is 1.19. The molecule has 1 unspecified atom stereocenters. The summed E-state index contributed by atoms with van der Waals surface area (Å²) in [5.74, 6) is 0. The van der Waals surface area contributed by atoms with Crippen LogP contribution in [-0.2, 0) is 6.42 Å². The molecule has 0 aliphatic heterocycles. The third kappa shape index (κ3) is 5.15. The topological polar surface area (TPSA) is 29.3 Å². The molecular weight excluding hydrogens is 300 g/mol. The van der Waals surface area contributed by atoms with Crippen molar-refractivity contribution in [1.29, 1.82) is 0 Å². The molecule has 1 aromatic rings. The Bertz CT molecular complexity index is 373. The lowest BCUT2D eigenvalue weighted by Gasteiger charge is -2.25. The van der Waals surface area contributed by atoms with Gasteiger partial charge in [-0.15, -0.1) is 0 Å². The Morgan fingerprint density at radius 3 is 2.26 bits per heavy atom. The molecule has 1 aromatic carbocycles. The van der Waals surface area contributed by atoms with Crippen molar-refractivity contribution in [3.63, 3.8) is 0 Å². The predicted molar refractivity (Wildman–Crippen MR) is 88.9 cm³/mol. The summed E-state index contributed by atoms with van der Waals surface area (Å²) in [7, 11) is 0. The first-order valence-corrected chi connectivity index (χ1v) is 8.20. The van der Waals surface area contributed by atoms with E-state index in [4.69, 9.17) is 5.73 Å². The van der Waals surface area contributed by atoms with Crippen LogP contribution in [0.15, 0.2) is 22.7 Å². The van der Waals surface area contributed by atoms with Crippen LogP contribution in [0.1, 0.15) is 45.6 Å². The van der Waals surface area contributed by atoms with Gasteiger partial charge in [-0.2, -0.15) is 0 Å². The summed E-state index contributed by atoms with van der Waals surface area (Å²) in [6.07, 6.45) is 4.33. The lowest BCUT2D eigenvalue weighted by molar-refractivity contribution is 0.646. The van der Waals surface area contributed by atoms with Crippen LogP contribution in [0.5, 0.6) is 0 Å². The quantitative estimate of drug-likeness (QED) is 0.769. The molecule has 0 aromatic heterocycles. The van der Waals surface area contributed by atoms with Gasteiger partial charge in [0.05, 0.1) is 5.69 Å². The molecule has 0 radical (unpaired) electrons. The van der Waals surface area contributed by atoms with Crippen molar-refractivity contribution in [3.05, 3.63) is 28.2 Å². The van der Waals surface area contributed by atoms with Crippen molar-refractivity contribution in [2.45, 2.75) is 52.5 Å². The molecule has 1 rings (SSSR count). The fraction of sp³-hybridized carbons (Fsp3) is 0.625. The van der Waals surface area contributed by atoms with Crippen LogP contribution in [0.4, 0.5) is 5.69 Å². The van der Waals surface area contributed by atoms with Crippen LogP contribution in [0.3, 0.4) is 0 Å². The number of hydrogen-bond acceptors (Lipinski definition) is 2. The van der Waals surface area contributed by atoms with E-state index in [-0.39, 0.29) is 6.04 Å². The minimum atomic E-state index is 0.264. The fourth-order valence-corrected chi connectivity index (χ4v) is 2.95. The van der Waals surface area contributed by atoms with Crippen molar-refractivity contribution in [2.24, 2.45) is 5.73 Å². The molecule has 19 heavy (non-hydrogen) atoms. The average molecular weight is 327 g/mol. The second-order valence-corrected chi connectivity index (χ2v) is 6.00. The molecule has 108 valence electrons. The van der Waals surface area contributed by atoms with E-state index in [0.717, 1.165) is 25.9 Å². The molecule has 3 heteroatoms. The molecular formula is C16H27BrN2. The van der Waals surface area contributed by atoms with Crippen LogP contribution in [-0.4, -0.2) is 19.1 Å². The fourth-order valence-electron chi connectivity index (χ4n) is 2.27. The summed E-state index contributed by atoms with van der Waals surface area (Å²) in [5.41, 5.74) is 8.64. The Labute approximate surface area is 126 Å². The average Bonchev–Trinajstić information content (AvgIpc) is 2.38. The Morgan fingerprint density at radius 1 is 1.16 bits per heavy atom. The van der Waals surface area contributed by atoms with Gasteiger partial charge in [0, 0.05) is 23.6 Å². The molecule has 0 aliphatic carbocycles. The largest absolute Gasteiger partial charge is 0.371 e. The van der Waals surface area contributed by atoms with Crippen LogP contribution >= 0.6 is 15.9 Å². The van der Waals surface area contributed by atoms with Gasteiger partial charge < -0.3 is 10.6 Å². The number of benzene rings is 1. The maximum Gasteiger partial charge on any atom is 0.0510 e. The first kappa shape index (κ1) is 16.5. The molecule has 0 spiro atoms. The first-order chi connectivity index (χ1) is 9.12. The zero-order valence-corrected chi connectivity index (χ0v) is 14.0. The van der Waals surface area contributed by atoms with Crippen LogP contribution < -0.4 is 10.6 Å². The third-order valence-electron chi connectivity index (χ3n) is 3.36. The van der Waals surface area contributed by atoms with Gasteiger partial charge in [0.2, 0.25) is 0 Å². The molecule has 1 atom stereocenters. The first-order valence-electron chi connectivity index (χ1n) is 7.41. The van der Waals surface area contributed by atoms with Gasteiger partial charge in [-0.05, 0) is 59.3 Å². The lowest BCUT2D eigenvalue weighted by Crippen LogP contribution is -2.25. The highest BCUT2D eigenvalue weighted by atomic mass is 79.9. The smallest absolute Gasteiger partial charge is 0.0510 e. The Hall–Kier alpha value is -0.540. The molecule has 0 aliphatic rings. The van der Waals surface area contributed by atoms with Crippen molar-refractivity contribution >= 4 is 21.6 Å². The second kappa shape index (κ2) is 8.60. The Morgan fingerprint density at radius 2 is 1.79 bits per heavy atom. The van der Waals surface area contributed by atoms with Crippen molar-refractivity contribution in [2.75, 3.05) is 18.0 Å². The van der Waals surface area contributed by atoms with E-state index in [9.17, 15) is 0 Å². The lowest BCUT2D eigenvalue weighted by atomic mass is 10.0. The van der Waals surface area contributed by atoms with Crippen molar-refractivity contribution in [1.82, 2.24) is 0 Å². The van der Waals surface area contributed by atoms with E-state index in [0.29, 0.717) is 0 Å². The molecule has 2 nitrogen and oxygen atoms in total. The van der Waals surface area contributed by atoms with Crippen LogP contribution in [0.2, 0.25) is 0 Å². The summed E-state index contributed by atoms with van der Waals surface area (Å²) >= 11 is 3.72. The monoisotopic (exact) mass is 326 g/mol. The van der Waals surface area contributed by atoms with Crippen LogP contribution in [0, 0.1) is 0 Å². The van der Waals surface area contributed by atoms with E-state index >= 15 is 0 Å². The molecule has 0 saturated carbocycles. The summed E-state index contributed by atoms with van der Waals surface area (Å²) in [5, 5.41) is 0. The molecule has 0 fully saturated rings. The van der Waals surface area contributed by atoms with E-state index in [1.807, 2.05) is 0 Å². The minimum absolute atomic E-state index is 0.264. The van der Waals surface area contributed by atoms with Gasteiger partial charge in [0.25, 0.3) is 0 Å². The Balaban J connectivity index is 2.85. The standard InChI is InChI=1S/C16H27BrN2/c1-4-9-19(10-5-2)16-8-7-13(12-15(16)17)11-14(18)6-3/h7-8,12,14H,4-6,9-11,18H2,1-3H3. The SMILES string of the molecule is CCCN(CCC)c1ccc(CC(N)CC)cc1Br. The molecule has 2 N–H and O–H groups in total. The number of hydrogen-bond donors (Lipinski definition) is 1. The zero-order chi connectivity index (χ0) is 14.3. The van der Waals surface area contributed by atoms with E-state index in [2.05, 4.69) is 59.8 Å². The highest BCUT2D eigenvalue weighted by Crippen LogP contribution is 2.28.